The molecule has 0 fully saturated rings. The maximum Gasteiger partial charge on any atom is 0.305 e. The van der Waals surface area contributed by atoms with Crippen LogP contribution < -0.4 is 5.32 Å². The Bertz CT molecular complexity index is 445. The molecule has 0 aliphatic heterocycles. The Kier molecular flexibility index (Phi) is 6.29. The molecular weight excluding hydrogens is 273 g/mol. The molecule has 0 saturated heterocycles. The number of halogens is 2. The van der Waals surface area contributed by atoms with Crippen molar-refractivity contribution in [2.75, 3.05) is 13.2 Å². The molecule has 1 N–H and O–H groups in total. The van der Waals surface area contributed by atoms with E-state index in [1.807, 2.05) is 0 Å². The van der Waals surface area contributed by atoms with Gasteiger partial charge in [-0.2, -0.15) is 0 Å². The molecule has 0 bridgehead atoms. The fourth-order valence-electron chi connectivity index (χ4n) is 1.47. The maximum absolute atomic E-state index is 13.4. The molecule has 6 heteroatoms. The number of rotatable bonds is 6. The number of amides is 1. The Balaban J connectivity index is 2.42. The zero-order valence-corrected chi connectivity index (χ0v) is 11.3. The van der Waals surface area contributed by atoms with E-state index in [-0.39, 0.29) is 29.5 Å². The van der Waals surface area contributed by atoms with Crippen LogP contribution in [0.3, 0.4) is 0 Å². The molecule has 1 aromatic rings. The molecule has 0 heterocycles. The zero-order valence-electron chi connectivity index (χ0n) is 10.5. The molecule has 19 heavy (non-hydrogen) atoms. The van der Waals surface area contributed by atoms with Crippen molar-refractivity contribution in [3.05, 3.63) is 34.6 Å². The summed E-state index contributed by atoms with van der Waals surface area (Å²) >= 11 is 5.75. The fraction of sp³-hybridized carbons (Fsp3) is 0.385. The fourth-order valence-corrected chi connectivity index (χ4v) is 1.72. The quantitative estimate of drug-likeness (QED) is 0.646. The lowest BCUT2D eigenvalue weighted by molar-refractivity contribution is -0.143. The Morgan fingerprint density at radius 2 is 2.16 bits per heavy atom. The first-order valence-electron chi connectivity index (χ1n) is 5.94. The summed E-state index contributed by atoms with van der Waals surface area (Å²) in [6.45, 7) is 2.30. The molecule has 1 amide bonds. The first kappa shape index (κ1) is 15.4. The molecular formula is C13H15ClFNO3. The van der Waals surface area contributed by atoms with Crippen LogP contribution in [-0.2, 0) is 9.53 Å². The van der Waals surface area contributed by atoms with Crippen LogP contribution >= 0.6 is 11.6 Å². The van der Waals surface area contributed by atoms with Crippen molar-refractivity contribution < 1.29 is 18.7 Å². The van der Waals surface area contributed by atoms with Gasteiger partial charge in [-0.25, -0.2) is 4.39 Å². The Labute approximate surface area is 115 Å². The second-order valence-corrected chi connectivity index (χ2v) is 4.17. The summed E-state index contributed by atoms with van der Waals surface area (Å²) < 4.78 is 18.2. The summed E-state index contributed by atoms with van der Waals surface area (Å²) in [6.07, 6.45) is 0.635. The highest BCUT2D eigenvalue weighted by Gasteiger charge is 2.15. The SMILES string of the molecule is CCOC(=O)CCCNC(=O)c1c(F)cccc1Cl. The molecule has 0 spiro atoms. The van der Waals surface area contributed by atoms with Gasteiger partial charge in [0.2, 0.25) is 0 Å². The number of nitrogens with one attached hydrogen (secondary N) is 1. The Morgan fingerprint density at radius 3 is 2.79 bits per heavy atom. The number of benzene rings is 1. The molecule has 0 aliphatic rings. The molecule has 0 atom stereocenters. The van der Waals surface area contributed by atoms with Gasteiger partial charge in [0, 0.05) is 13.0 Å². The number of carbonyl (C=O) groups is 2. The van der Waals surface area contributed by atoms with Gasteiger partial charge in [-0.15, -0.1) is 0 Å². The highest BCUT2D eigenvalue weighted by molar-refractivity contribution is 6.33. The van der Waals surface area contributed by atoms with Gasteiger partial charge in [-0.05, 0) is 25.5 Å². The molecule has 0 unspecified atom stereocenters. The van der Waals surface area contributed by atoms with Crippen LogP contribution in [0.25, 0.3) is 0 Å². The summed E-state index contributed by atoms with van der Waals surface area (Å²) in [6, 6.07) is 4.03. The Hall–Kier alpha value is -1.62. The van der Waals surface area contributed by atoms with Gasteiger partial charge in [-0.3, -0.25) is 9.59 Å². The van der Waals surface area contributed by atoms with Gasteiger partial charge in [-0.1, -0.05) is 17.7 Å². The van der Waals surface area contributed by atoms with E-state index >= 15 is 0 Å². The third-order valence-electron chi connectivity index (χ3n) is 2.34. The van der Waals surface area contributed by atoms with Crippen molar-refractivity contribution in [2.24, 2.45) is 0 Å². The van der Waals surface area contributed by atoms with Crippen molar-refractivity contribution in [1.29, 1.82) is 0 Å². The van der Waals surface area contributed by atoms with E-state index in [1.165, 1.54) is 18.2 Å². The van der Waals surface area contributed by atoms with Crippen molar-refractivity contribution >= 4 is 23.5 Å². The monoisotopic (exact) mass is 287 g/mol. The average Bonchev–Trinajstić information content (AvgIpc) is 2.35. The van der Waals surface area contributed by atoms with Crippen LogP contribution in [-0.4, -0.2) is 25.0 Å². The molecule has 1 aromatic carbocycles. The maximum atomic E-state index is 13.4. The van der Waals surface area contributed by atoms with E-state index in [0.29, 0.717) is 13.0 Å². The summed E-state index contributed by atoms with van der Waals surface area (Å²) in [5.41, 5.74) is -0.180. The molecule has 0 saturated carbocycles. The van der Waals surface area contributed by atoms with Gasteiger partial charge in [0.05, 0.1) is 17.2 Å². The standard InChI is InChI=1S/C13H15ClFNO3/c1-2-19-11(17)7-4-8-16-13(18)12-9(14)5-3-6-10(12)15/h3,5-6H,2,4,7-8H2,1H3,(H,16,18). The minimum Gasteiger partial charge on any atom is -0.466 e. The predicted molar refractivity (Wildman–Crippen MR) is 69.6 cm³/mol. The smallest absolute Gasteiger partial charge is 0.305 e. The number of hydrogen-bond acceptors (Lipinski definition) is 3. The van der Waals surface area contributed by atoms with E-state index in [0.717, 1.165) is 0 Å². The summed E-state index contributed by atoms with van der Waals surface area (Å²) in [5.74, 6) is -1.58. The van der Waals surface area contributed by atoms with E-state index < -0.39 is 11.7 Å². The van der Waals surface area contributed by atoms with Gasteiger partial charge >= 0.3 is 5.97 Å². The first-order chi connectivity index (χ1) is 9.06. The van der Waals surface area contributed by atoms with E-state index in [9.17, 15) is 14.0 Å². The lowest BCUT2D eigenvalue weighted by Crippen LogP contribution is -2.26. The average molecular weight is 288 g/mol. The second kappa shape index (κ2) is 7.74. The van der Waals surface area contributed by atoms with Crippen molar-refractivity contribution in [3.63, 3.8) is 0 Å². The lowest BCUT2D eigenvalue weighted by atomic mass is 10.2. The lowest BCUT2D eigenvalue weighted by Gasteiger charge is -2.07. The Morgan fingerprint density at radius 1 is 1.42 bits per heavy atom. The normalized spacial score (nSPS) is 10.1. The highest BCUT2D eigenvalue weighted by atomic mass is 35.5. The number of carbonyl (C=O) groups excluding carboxylic acids is 2. The van der Waals surface area contributed by atoms with Crippen LogP contribution in [0.4, 0.5) is 4.39 Å². The minimum atomic E-state index is -0.671. The molecule has 1 rings (SSSR count). The van der Waals surface area contributed by atoms with Crippen molar-refractivity contribution in [2.45, 2.75) is 19.8 Å². The minimum absolute atomic E-state index is 0.0582. The van der Waals surface area contributed by atoms with Gasteiger partial charge < -0.3 is 10.1 Å². The molecule has 0 radical (unpaired) electrons. The topological polar surface area (TPSA) is 55.4 Å². The molecule has 0 aliphatic carbocycles. The van der Waals surface area contributed by atoms with Gasteiger partial charge in [0.15, 0.2) is 0 Å². The van der Waals surface area contributed by atoms with Crippen LogP contribution in [0, 0.1) is 5.82 Å². The summed E-state index contributed by atoms with van der Waals surface area (Å²) in [7, 11) is 0. The molecule has 104 valence electrons. The third-order valence-corrected chi connectivity index (χ3v) is 2.65. The number of hydrogen-bond donors (Lipinski definition) is 1. The number of ether oxygens (including phenoxy) is 1. The summed E-state index contributed by atoms with van der Waals surface area (Å²) in [5, 5.41) is 2.57. The number of esters is 1. The van der Waals surface area contributed by atoms with Crippen LogP contribution in [0.15, 0.2) is 18.2 Å². The van der Waals surface area contributed by atoms with Crippen molar-refractivity contribution in [1.82, 2.24) is 5.32 Å². The summed E-state index contributed by atoms with van der Waals surface area (Å²) in [4.78, 5) is 22.8. The van der Waals surface area contributed by atoms with Crippen LogP contribution in [0.1, 0.15) is 30.1 Å². The van der Waals surface area contributed by atoms with Crippen LogP contribution in [0.5, 0.6) is 0 Å². The van der Waals surface area contributed by atoms with Gasteiger partial charge in [0.25, 0.3) is 5.91 Å². The first-order valence-corrected chi connectivity index (χ1v) is 6.32. The van der Waals surface area contributed by atoms with E-state index in [2.05, 4.69) is 5.32 Å². The zero-order chi connectivity index (χ0) is 14.3. The predicted octanol–water partition coefficient (Wildman–Crippen LogP) is 2.55. The third kappa shape index (κ3) is 4.87. The van der Waals surface area contributed by atoms with Gasteiger partial charge in [0.1, 0.15) is 5.82 Å². The van der Waals surface area contributed by atoms with E-state index in [4.69, 9.17) is 16.3 Å². The largest absolute Gasteiger partial charge is 0.466 e. The van der Waals surface area contributed by atoms with E-state index in [1.54, 1.807) is 6.92 Å². The molecule has 4 nitrogen and oxygen atoms in total. The van der Waals surface area contributed by atoms with Crippen LogP contribution in [0.2, 0.25) is 5.02 Å². The second-order valence-electron chi connectivity index (χ2n) is 3.76. The molecule has 0 aromatic heterocycles. The highest BCUT2D eigenvalue weighted by Crippen LogP contribution is 2.18. The van der Waals surface area contributed by atoms with Crippen molar-refractivity contribution in [3.8, 4) is 0 Å².